The summed E-state index contributed by atoms with van der Waals surface area (Å²) in [5, 5.41) is 5.59. The summed E-state index contributed by atoms with van der Waals surface area (Å²) in [4.78, 5) is 25.0. The molecule has 1 atom stereocenters. The third kappa shape index (κ3) is 3.38. The van der Waals surface area contributed by atoms with Gasteiger partial charge in [-0.2, -0.15) is 0 Å². The molecule has 19 heavy (non-hydrogen) atoms. The van der Waals surface area contributed by atoms with Crippen LogP contribution in [0.15, 0.2) is 40.1 Å². The second-order valence-corrected chi connectivity index (χ2v) is 5.46. The highest BCUT2D eigenvalue weighted by molar-refractivity contribution is 8.04. The predicted molar refractivity (Wildman–Crippen MR) is 76.9 cm³/mol. The van der Waals surface area contributed by atoms with E-state index >= 15 is 0 Å². The van der Waals surface area contributed by atoms with Crippen LogP contribution in [0.4, 0.5) is 5.69 Å². The Morgan fingerprint density at radius 1 is 1.47 bits per heavy atom. The molecule has 0 fully saturated rings. The maximum absolute atomic E-state index is 11.9. The lowest BCUT2D eigenvalue weighted by atomic mass is 10.2. The molecule has 0 unspecified atom stereocenters. The number of rotatable bonds is 3. The first-order chi connectivity index (χ1) is 9.10. The van der Waals surface area contributed by atoms with Crippen molar-refractivity contribution in [3.63, 3.8) is 0 Å². The smallest absolute Gasteiger partial charge is 0.262 e. The van der Waals surface area contributed by atoms with Gasteiger partial charge in [-0.05, 0) is 25.5 Å². The van der Waals surface area contributed by atoms with Gasteiger partial charge >= 0.3 is 0 Å². The molecule has 0 radical (unpaired) electrons. The molecule has 2 amide bonds. The monoisotopic (exact) mass is 276 g/mol. The summed E-state index contributed by atoms with van der Waals surface area (Å²) in [5.74, 6) is -0.464. The molecule has 1 aromatic rings. The summed E-state index contributed by atoms with van der Waals surface area (Å²) in [6.07, 6.45) is 2.22. The SMILES string of the molecule is CC[C@@H](C)NC(=O)/C=C1\Sc2ccccc2NC1=O. The van der Waals surface area contributed by atoms with Crippen LogP contribution in [-0.2, 0) is 9.59 Å². The van der Waals surface area contributed by atoms with E-state index in [1.807, 2.05) is 38.1 Å². The van der Waals surface area contributed by atoms with Crippen LogP contribution in [0.3, 0.4) is 0 Å². The fourth-order valence-electron chi connectivity index (χ4n) is 1.61. The largest absolute Gasteiger partial charge is 0.350 e. The van der Waals surface area contributed by atoms with Gasteiger partial charge in [-0.1, -0.05) is 30.8 Å². The Labute approximate surface area is 116 Å². The van der Waals surface area contributed by atoms with Crippen molar-refractivity contribution in [1.82, 2.24) is 5.32 Å². The van der Waals surface area contributed by atoms with Crippen LogP contribution in [0.25, 0.3) is 0 Å². The van der Waals surface area contributed by atoms with Crippen molar-refractivity contribution in [1.29, 1.82) is 0 Å². The van der Waals surface area contributed by atoms with E-state index in [2.05, 4.69) is 10.6 Å². The summed E-state index contributed by atoms with van der Waals surface area (Å²) in [6.45, 7) is 3.93. The van der Waals surface area contributed by atoms with Gasteiger partial charge in [0.25, 0.3) is 5.91 Å². The Balaban J connectivity index is 2.14. The van der Waals surface area contributed by atoms with E-state index in [1.54, 1.807) is 0 Å². The number of anilines is 1. The first kappa shape index (κ1) is 13.7. The first-order valence-corrected chi connectivity index (χ1v) is 7.02. The number of para-hydroxylation sites is 1. The quantitative estimate of drug-likeness (QED) is 0.834. The number of carbonyl (C=O) groups excluding carboxylic acids is 2. The Hall–Kier alpha value is -1.75. The third-order valence-corrected chi connectivity index (χ3v) is 3.94. The number of hydrogen-bond acceptors (Lipinski definition) is 3. The van der Waals surface area contributed by atoms with Crippen LogP contribution in [0.2, 0.25) is 0 Å². The molecule has 2 rings (SSSR count). The van der Waals surface area contributed by atoms with Crippen molar-refractivity contribution in [3.05, 3.63) is 35.2 Å². The van der Waals surface area contributed by atoms with Gasteiger partial charge in [0.1, 0.15) is 0 Å². The maximum atomic E-state index is 11.9. The minimum absolute atomic E-state index is 0.105. The Kier molecular flexibility index (Phi) is 4.27. The molecule has 4 nitrogen and oxygen atoms in total. The van der Waals surface area contributed by atoms with Gasteiger partial charge in [0.15, 0.2) is 0 Å². The molecule has 1 aliphatic heterocycles. The Morgan fingerprint density at radius 3 is 2.95 bits per heavy atom. The van der Waals surface area contributed by atoms with E-state index in [9.17, 15) is 9.59 Å². The molecule has 0 saturated heterocycles. The molecule has 5 heteroatoms. The number of thioether (sulfide) groups is 1. The van der Waals surface area contributed by atoms with Crippen molar-refractivity contribution >= 4 is 29.3 Å². The summed E-state index contributed by atoms with van der Waals surface area (Å²) < 4.78 is 0. The fourth-order valence-corrected chi connectivity index (χ4v) is 2.53. The van der Waals surface area contributed by atoms with Crippen LogP contribution in [0.5, 0.6) is 0 Å². The molecule has 0 spiro atoms. The van der Waals surface area contributed by atoms with Crippen LogP contribution in [-0.4, -0.2) is 17.9 Å². The van der Waals surface area contributed by atoms with Crippen LogP contribution in [0.1, 0.15) is 20.3 Å². The lowest BCUT2D eigenvalue weighted by molar-refractivity contribution is -0.118. The standard InChI is InChI=1S/C14H16N2O2S/c1-3-9(2)15-13(17)8-12-14(18)16-10-6-4-5-7-11(10)19-12/h4-9H,3H2,1-2H3,(H,15,17)(H,16,18)/b12-8-/t9-/m1/s1. The average molecular weight is 276 g/mol. The van der Waals surface area contributed by atoms with Crippen molar-refractivity contribution in [2.24, 2.45) is 0 Å². The number of fused-ring (bicyclic) bond motifs is 1. The maximum Gasteiger partial charge on any atom is 0.262 e. The number of nitrogens with one attached hydrogen (secondary N) is 2. The Morgan fingerprint density at radius 2 is 2.21 bits per heavy atom. The summed E-state index contributed by atoms with van der Waals surface area (Å²) in [6, 6.07) is 7.63. The predicted octanol–water partition coefficient (Wildman–Crippen LogP) is 2.53. The minimum atomic E-state index is -0.233. The van der Waals surface area contributed by atoms with Gasteiger partial charge in [0, 0.05) is 17.0 Å². The van der Waals surface area contributed by atoms with Gasteiger partial charge in [-0.3, -0.25) is 9.59 Å². The molecule has 0 aromatic heterocycles. The second-order valence-electron chi connectivity index (χ2n) is 4.38. The lowest BCUT2D eigenvalue weighted by Gasteiger charge is -2.18. The van der Waals surface area contributed by atoms with E-state index < -0.39 is 0 Å². The van der Waals surface area contributed by atoms with Gasteiger partial charge in [-0.15, -0.1) is 0 Å². The van der Waals surface area contributed by atoms with Gasteiger partial charge in [-0.25, -0.2) is 0 Å². The highest BCUT2D eigenvalue weighted by atomic mass is 32.2. The van der Waals surface area contributed by atoms with Gasteiger partial charge in [0.2, 0.25) is 5.91 Å². The van der Waals surface area contributed by atoms with Crippen LogP contribution < -0.4 is 10.6 Å². The molecule has 0 bridgehead atoms. The summed E-state index contributed by atoms with van der Waals surface area (Å²) in [7, 11) is 0. The van der Waals surface area contributed by atoms with E-state index in [4.69, 9.17) is 0 Å². The van der Waals surface area contributed by atoms with Gasteiger partial charge < -0.3 is 10.6 Å². The highest BCUT2D eigenvalue weighted by Gasteiger charge is 2.21. The average Bonchev–Trinajstić information content (AvgIpc) is 2.39. The zero-order valence-corrected chi connectivity index (χ0v) is 11.7. The topological polar surface area (TPSA) is 58.2 Å². The zero-order chi connectivity index (χ0) is 13.8. The highest BCUT2D eigenvalue weighted by Crippen LogP contribution is 2.37. The number of hydrogen-bond donors (Lipinski definition) is 2. The van der Waals surface area contributed by atoms with Crippen molar-refractivity contribution in [2.45, 2.75) is 31.2 Å². The summed E-state index contributed by atoms with van der Waals surface area (Å²) in [5.41, 5.74) is 0.789. The molecule has 1 aliphatic rings. The van der Waals surface area contributed by atoms with Crippen LogP contribution in [0, 0.1) is 0 Å². The van der Waals surface area contributed by atoms with E-state index in [0.717, 1.165) is 17.0 Å². The molecule has 100 valence electrons. The van der Waals surface area contributed by atoms with E-state index in [-0.39, 0.29) is 17.9 Å². The molecular formula is C14H16N2O2S. The molecule has 1 aromatic carbocycles. The Bertz CT molecular complexity index is 540. The van der Waals surface area contributed by atoms with Crippen molar-refractivity contribution < 1.29 is 9.59 Å². The van der Waals surface area contributed by atoms with Crippen molar-refractivity contribution in [2.75, 3.05) is 5.32 Å². The zero-order valence-electron chi connectivity index (χ0n) is 10.9. The third-order valence-electron chi connectivity index (χ3n) is 2.84. The fraction of sp³-hybridized carbons (Fsp3) is 0.286. The molecule has 0 saturated carbocycles. The van der Waals surface area contributed by atoms with Crippen molar-refractivity contribution in [3.8, 4) is 0 Å². The number of amides is 2. The van der Waals surface area contributed by atoms with Gasteiger partial charge in [0.05, 0.1) is 10.6 Å². The van der Waals surface area contributed by atoms with E-state index in [0.29, 0.717) is 4.91 Å². The first-order valence-electron chi connectivity index (χ1n) is 6.20. The number of benzene rings is 1. The molecular weight excluding hydrogens is 260 g/mol. The molecule has 2 N–H and O–H groups in total. The second kappa shape index (κ2) is 5.93. The molecule has 0 aliphatic carbocycles. The minimum Gasteiger partial charge on any atom is -0.350 e. The van der Waals surface area contributed by atoms with Crippen LogP contribution >= 0.6 is 11.8 Å². The lowest BCUT2D eigenvalue weighted by Crippen LogP contribution is -2.31. The normalized spacial score (nSPS) is 17.6. The number of carbonyl (C=O) groups is 2. The molecule has 1 heterocycles. The summed E-state index contributed by atoms with van der Waals surface area (Å²) >= 11 is 1.32. The van der Waals surface area contributed by atoms with E-state index in [1.165, 1.54) is 17.8 Å².